The van der Waals surface area contributed by atoms with Crippen LogP contribution >= 0.6 is 11.8 Å². The van der Waals surface area contributed by atoms with Crippen LogP contribution in [0.2, 0.25) is 0 Å². The average molecular weight is 1780 g/mol. The molecule has 0 unspecified atom stereocenters. The lowest BCUT2D eigenvalue weighted by Crippen LogP contribution is -2.58. The number of carbonyl (C=O) groups excluding carboxylic acids is 17. The highest BCUT2D eigenvalue weighted by Gasteiger charge is 2.44. The second kappa shape index (κ2) is 48.6. The van der Waals surface area contributed by atoms with E-state index in [1.54, 1.807) is 91.3 Å². The maximum atomic E-state index is 15.6. The normalized spacial score (nSPS) is 24.3. The molecule has 0 saturated carbocycles. The van der Waals surface area contributed by atoms with Gasteiger partial charge in [-0.1, -0.05) is 120 Å². The van der Waals surface area contributed by atoms with Gasteiger partial charge in [-0.15, -0.1) is 11.8 Å². The molecule has 3 aromatic carbocycles. The standard InChI is InChI=1S/C90H123N17O19S/c1-10-12-28-71-76(112)40-60(48-109)84(120)102-70(85(121)96-45-79(92)115)49-127-50-81(117)99-67(33-54-22-15-14-16-23-54)87(123)104(7)53(5)82(118)100-69(41-78(91)114)89(125)107-31-21-30-72(107)77(113)37-55(34-61-44-93-51-97-61)74(110)38-56(32-52(3)4)86(122)103(6)46-80(116)98-66(35-57-42-94-64-26-19-17-24-62(57)64)75(111)39-59(47-108)83(119)101-68(36-58-43-95-65-27-20-18-25-63(58)65)88(124)106(9)73(29-13-11-2)90(126)105(71)8/h14-20,22-27,42-44,51-53,55-56,59-60,66-73,94-95,108-109H,10-13,21,28-41,45-50H2,1-9H3,(H2,91,114)(H2,92,115)(H,93,97)(H,96,121)(H,98,116)(H,99,117)(H,100,118)(H,101,119)(H,102,120)/t53-,55+,56+,59-,60-,66-,67-,68-,69-,70-,71-,72-,73-/m0/s1. The Labute approximate surface area is 742 Å². The Kier molecular flexibility index (Phi) is 38.5. The number of aromatic nitrogens is 4. The first-order valence-corrected chi connectivity index (χ1v) is 44.4. The molecule has 36 nitrogen and oxygen atoms in total. The number of aliphatic hydroxyl groups excluding tert-OH is 2. The molecule has 3 aromatic heterocycles. The van der Waals surface area contributed by atoms with Crippen molar-refractivity contribution >= 4 is 133 Å². The zero-order valence-electron chi connectivity index (χ0n) is 73.7. The summed E-state index contributed by atoms with van der Waals surface area (Å²) in [6.07, 6.45) is 4.90. The summed E-state index contributed by atoms with van der Waals surface area (Å²) in [7, 11) is 5.37. The van der Waals surface area contributed by atoms with Crippen molar-refractivity contribution in [3.05, 3.63) is 126 Å². The third-order valence-electron chi connectivity index (χ3n) is 23.5. The van der Waals surface area contributed by atoms with Crippen LogP contribution in [0.5, 0.6) is 0 Å². The quantitative estimate of drug-likeness (QED) is 0.0436. The molecular formula is C90H123N17O19S. The number of carbonyl (C=O) groups is 17. The van der Waals surface area contributed by atoms with E-state index in [0.29, 0.717) is 69.9 Å². The van der Waals surface area contributed by atoms with E-state index in [1.165, 1.54) is 62.3 Å². The van der Waals surface area contributed by atoms with E-state index in [4.69, 9.17) is 11.5 Å². The topological polar surface area (TPSA) is 531 Å². The van der Waals surface area contributed by atoms with Gasteiger partial charge in [0.1, 0.15) is 42.0 Å². The number of para-hydroxylation sites is 2. The van der Waals surface area contributed by atoms with Crippen LogP contribution in [0.4, 0.5) is 0 Å². The summed E-state index contributed by atoms with van der Waals surface area (Å²) in [5, 5.41) is 39.2. The number of hydrogen-bond donors (Lipinski definition) is 13. The van der Waals surface area contributed by atoms with Crippen LogP contribution < -0.4 is 43.4 Å². The van der Waals surface area contributed by atoms with E-state index in [9.17, 15) is 67.7 Å². The summed E-state index contributed by atoms with van der Waals surface area (Å²) in [5.74, 6) is -20.3. The molecule has 13 amide bonds. The van der Waals surface area contributed by atoms with Crippen molar-refractivity contribution in [2.45, 2.75) is 205 Å². The Balaban J connectivity index is 1.16. The summed E-state index contributed by atoms with van der Waals surface area (Å²) in [5.41, 5.74) is 14.6. The number of rotatable bonds is 23. The number of H-pyrrole nitrogens is 3. The molecule has 2 fully saturated rings. The predicted octanol–water partition coefficient (Wildman–Crippen LogP) is 1.95. The molecule has 6 aromatic rings. The molecule has 688 valence electrons. The molecule has 8 rings (SSSR count). The van der Waals surface area contributed by atoms with Gasteiger partial charge in [-0.3, -0.25) is 81.5 Å². The molecule has 5 heterocycles. The molecule has 2 saturated heterocycles. The van der Waals surface area contributed by atoms with Gasteiger partial charge in [-0.25, -0.2) is 4.98 Å². The number of fused-ring (bicyclic) bond motifs is 3. The van der Waals surface area contributed by atoms with E-state index < -0.39 is 248 Å². The molecular weight excluding hydrogens is 1660 g/mol. The zero-order chi connectivity index (χ0) is 92.9. The number of amides is 13. The molecule has 13 atom stereocenters. The van der Waals surface area contributed by atoms with E-state index in [-0.39, 0.29) is 70.3 Å². The summed E-state index contributed by atoms with van der Waals surface area (Å²) in [6, 6.07) is 9.98. The fraction of sp³-hybridized carbons (Fsp3) is 0.533. The number of ketones is 4. The Morgan fingerprint density at radius 3 is 1.69 bits per heavy atom. The van der Waals surface area contributed by atoms with Crippen LogP contribution in [0.3, 0.4) is 0 Å². The van der Waals surface area contributed by atoms with Crippen LogP contribution in [0.25, 0.3) is 21.8 Å². The Bertz CT molecular complexity index is 4860. The average Bonchev–Trinajstić information content (AvgIpc) is 1.73. The molecule has 127 heavy (non-hydrogen) atoms. The Hall–Kier alpha value is -12.0. The van der Waals surface area contributed by atoms with Crippen LogP contribution in [-0.2, 0) is 107 Å². The number of benzene rings is 3. The molecule has 2 aliphatic heterocycles. The monoisotopic (exact) mass is 1780 g/mol. The molecule has 15 N–H and O–H groups in total. The predicted molar refractivity (Wildman–Crippen MR) is 472 cm³/mol. The van der Waals surface area contributed by atoms with Crippen LogP contribution in [0.15, 0.2) is 104 Å². The lowest BCUT2D eigenvalue weighted by molar-refractivity contribution is -0.149. The number of nitrogens with two attached hydrogens (primary N) is 2. The SMILES string of the molecule is CCCC[C@H]1C(=O)N(C)[C@@H](CCCC)C(=O)C[C@@H](CO)C(=O)N[C@H](C(=O)NCC(N)=O)CSCC(=O)N[C@@H](Cc2ccccc2)C(=O)N(C)[C@@H](C)C(=O)N[C@@H](CC(N)=O)C(=O)N2CCC[C@H]2C(=O)C[C@@H](Cc2cnc[nH]2)C(=O)C[C@@H](CC(C)C)C(=O)N(C)CC(=O)N[C@@H](Cc2c[nH]c3ccccc23)C(=O)C[C@@H](CO)C(=O)N[C@@H](Cc2c[nH]c3ccccc23)C(=O)N1C. The van der Waals surface area contributed by atoms with Crippen molar-refractivity contribution < 1.29 is 91.7 Å². The van der Waals surface area contributed by atoms with Crippen molar-refractivity contribution in [2.75, 3.05) is 72.5 Å². The number of aliphatic hydroxyl groups is 2. The highest BCUT2D eigenvalue weighted by atomic mass is 32.2. The van der Waals surface area contributed by atoms with Gasteiger partial charge in [0.25, 0.3) is 0 Å². The number of aromatic amines is 3. The minimum atomic E-state index is -1.69. The maximum absolute atomic E-state index is 15.6. The fourth-order valence-corrected chi connectivity index (χ4v) is 17.1. The number of unbranched alkanes of at least 4 members (excludes halogenated alkanes) is 2. The number of likely N-dealkylation sites (N-methyl/N-ethyl adjacent to an activating group) is 4. The van der Waals surface area contributed by atoms with Gasteiger partial charge in [-0.05, 0) is 80.2 Å². The van der Waals surface area contributed by atoms with Gasteiger partial charge in [0, 0.05) is 143 Å². The number of thioether (sulfide) groups is 1. The maximum Gasteiger partial charge on any atom is 0.246 e. The number of primary amides is 2. The second-order valence-electron chi connectivity index (χ2n) is 33.6. The lowest BCUT2D eigenvalue weighted by atomic mass is 9.83. The first kappa shape index (κ1) is 100. The molecule has 2 aliphatic rings. The molecule has 0 aliphatic carbocycles. The van der Waals surface area contributed by atoms with Gasteiger partial charge >= 0.3 is 0 Å². The third-order valence-corrected chi connectivity index (χ3v) is 24.6. The summed E-state index contributed by atoms with van der Waals surface area (Å²) in [4.78, 5) is 266. The van der Waals surface area contributed by atoms with E-state index in [0.717, 1.165) is 21.6 Å². The van der Waals surface area contributed by atoms with E-state index in [1.807, 2.05) is 27.7 Å². The van der Waals surface area contributed by atoms with Gasteiger partial charge in [-0.2, -0.15) is 0 Å². The van der Waals surface area contributed by atoms with E-state index >= 15 is 24.0 Å². The molecule has 0 radical (unpaired) electrons. The smallest absolute Gasteiger partial charge is 0.246 e. The largest absolute Gasteiger partial charge is 0.396 e. The summed E-state index contributed by atoms with van der Waals surface area (Å²) < 4.78 is 0. The zero-order valence-corrected chi connectivity index (χ0v) is 74.5. The van der Waals surface area contributed by atoms with E-state index in [2.05, 4.69) is 51.8 Å². The summed E-state index contributed by atoms with van der Waals surface area (Å²) in [6.45, 7) is 5.41. The van der Waals surface area contributed by atoms with Crippen LogP contribution in [0.1, 0.15) is 147 Å². The Morgan fingerprint density at radius 2 is 1.09 bits per heavy atom. The number of hydrogen-bond acceptors (Lipinski definition) is 21. The molecule has 37 heteroatoms. The highest BCUT2D eigenvalue weighted by molar-refractivity contribution is 8.00. The van der Waals surface area contributed by atoms with Gasteiger partial charge in [0.2, 0.25) is 76.8 Å². The fourth-order valence-electron chi connectivity index (χ4n) is 16.3. The molecule has 0 bridgehead atoms. The van der Waals surface area contributed by atoms with Crippen molar-refractivity contribution in [1.82, 2.24) is 76.3 Å². The van der Waals surface area contributed by atoms with Crippen LogP contribution in [-0.4, -0.2) is 281 Å². The van der Waals surface area contributed by atoms with Crippen molar-refractivity contribution in [2.24, 2.45) is 41.1 Å². The van der Waals surface area contributed by atoms with Gasteiger partial charge in [0.15, 0.2) is 17.3 Å². The Morgan fingerprint density at radius 1 is 0.551 bits per heavy atom. The number of imidazole rings is 1. The minimum Gasteiger partial charge on any atom is -0.396 e. The number of nitrogens with zero attached hydrogens (tertiary/aromatic N) is 6. The van der Waals surface area contributed by atoms with Crippen molar-refractivity contribution in [3.8, 4) is 0 Å². The van der Waals surface area contributed by atoms with Crippen molar-refractivity contribution in [1.29, 1.82) is 0 Å². The summed E-state index contributed by atoms with van der Waals surface area (Å²) >= 11 is 0.793. The van der Waals surface area contributed by atoms with Crippen LogP contribution in [0, 0.1) is 29.6 Å². The highest BCUT2D eigenvalue weighted by Crippen LogP contribution is 2.30. The van der Waals surface area contributed by atoms with Gasteiger partial charge in [0.05, 0.1) is 74.8 Å². The number of nitrogens with one attached hydrogen (secondary N) is 9. The third kappa shape index (κ3) is 28.5. The molecule has 0 spiro atoms. The van der Waals surface area contributed by atoms with Gasteiger partial charge < -0.3 is 93.0 Å². The lowest BCUT2D eigenvalue weighted by Gasteiger charge is -2.36. The number of Topliss-reactive ketones (excluding diaryl/α,β-unsaturated/α-hetero) is 4. The van der Waals surface area contributed by atoms with Crippen molar-refractivity contribution in [3.63, 3.8) is 0 Å². The first-order chi connectivity index (χ1) is 60.6. The first-order valence-electron chi connectivity index (χ1n) is 43.3. The minimum absolute atomic E-state index is 0.0302. The second-order valence-corrected chi connectivity index (χ2v) is 34.6.